The highest BCUT2D eigenvalue weighted by atomic mass is 32.2. The smallest absolute Gasteiger partial charge is 0.219 e. The number of ether oxygens (including phenoxy) is 1. The first kappa shape index (κ1) is 14.9. The largest absolute Gasteiger partial charge is 0.439 e. The van der Waals surface area contributed by atoms with Crippen molar-refractivity contribution in [2.24, 2.45) is 0 Å². The molecule has 106 valence electrons. The molecule has 0 aliphatic rings. The Labute approximate surface area is 124 Å². The molecule has 0 fully saturated rings. The summed E-state index contributed by atoms with van der Waals surface area (Å²) in [5, 5.41) is 3.31. The quantitative estimate of drug-likeness (QED) is 0.814. The molecule has 0 radical (unpaired) electrons. The van der Waals surface area contributed by atoms with Crippen LogP contribution >= 0.6 is 11.8 Å². The van der Waals surface area contributed by atoms with E-state index in [-0.39, 0.29) is 0 Å². The molecule has 0 saturated carbocycles. The molecular formula is C16H20N2OS. The summed E-state index contributed by atoms with van der Waals surface area (Å²) in [7, 11) is 0. The molecule has 1 heterocycles. The number of aromatic nitrogens is 1. The van der Waals surface area contributed by atoms with Gasteiger partial charge < -0.3 is 10.1 Å². The zero-order valence-corrected chi connectivity index (χ0v) is 13.0. The van der Waals surface area contributed by atoms with E-state index in [1.165, 1.54) is 10.5 Å². The van der Waals surface area contributed by atoms with Gasteiger partial charge in [0.05, 0.1) is 0 Å². The summed E-state index contributed by atoms with van der Waals surface area (Å²) in [4.78, 5) is 5.65. The molecule has 2 aromatic rings. The Hall–Kier alpha value is -1.52. The Morgan fingerprint density at radius 1 is 1.20 bits per heavy atom. The first-order valence-corrected chi connectivity index (χ1v) is 7.94. The zero-order chi connectivity index (χ0) is 14.4. The van der Waals surface area contributed by atoms with E-state index in [9.17, 15) is 0 Å². The number of aryl methyl sites for hydroxylation is 1. The summed E-state index contributed by atoms with van der Waals surface area (Å²) < 4.78 is 5.83. The van der Waals surface area contributed by atoms with Crippen molar-refractivity contribution >= 4 is 11.8 Å². The minimum Gasteiger partial charge on any atom is -0.439 e. The van der Waals surface area contributed by atoms with Crippen molar-refractivity contribution in [2.75, 3.05) is 12.8 Å². The van der Waals surface area contributed by atoms with Gasteiger partial charge in [0.2, 0.25) is 5.88 Å². The van der Waals surface area contributed by atoms with E-state index in [0.29, 0.717) is 5.88 Å². The summed E-state index contributed by atoms with van der Waals surface area (Å²) in [6.07, 6.45) is 2.06. The second-order valence-electron chi connectivity index (χ2n) is 4.51. The summed E-state index contributed by atoms with van der Waals surface area (Å²) in [5.41, 5.74) is 2.16. The third kappa shape index (κ3) is 4.25. The number of nitrogens with one attached hydrogen (secondary N) is 1. The van der Waals surface area contributed by atoms with E-state index in [1.54, 1.807) is 11.8 Å². The topological polar surface area (TPSA) is 34.2 Å². The summed E-state index contributed by atoms with van der Waals surface area (Å²) in [5.74, 6) is 1.46. The Morgan fingerprint density at radius 3 is 2.60 bits per heavy atom. The Morgan fingerprint density at radius 2 is 1.95 bits per heavy atom. The average molecular weight is 288 g/mol. The molecule has 1 N–H and O–H groups in total. The van der Waals surface area contributed by atoms with Gasteiger partial charge in [-0.2, -0.15) is 0 Å². The number of thioether (sulfide) groups is 1. The van der Waals surface area contributed by atoms with Gasteiger partial charge >= 0.3 is 0 Å². The molecule has 0 atom stereocenters. The molecule has 0 saturated heterocycles. The number of hydrogen-bond acceptors (Lipinski definition) is 4. The van der Waals surface area contributed by atoms with Crippen LogP contribution in [0.5, 0.6) is 11.6 Å². The van der Waals surface area contributed by atoms with Crippen LogP contribution in [-0.4, -0.2) is 17.8 Å². The monoisotopic (exact) mass is 288 g/mol. The molecule has 0 aliphatic carbocycles. The van der Waals surface area contributed by atoms with Gasteiger partial charge in [0, 0.05) is 23.2 Å². The predicted octanol–water partition coefficient (Wildman–Crippen LogP) is 4.01. The molecule has 0 aliphatic heterocycles. The van der Waals surface area contributed by atoms with Gasteiger partial charge in [0.1, 0.15) is 5.75 Å². The lowest BCUT2D eigenvalue weighted by molar-refractivity contribution is 0.460. The highest BCUT2D eigenvalue weighted by Crippen LogP contribution is 2.24. The predicted molar refractivity (Wildman–Crippen MR) is 84.7 cm³/mol. The lowest BCUT2D eigenvalue weighted by Crippen LogP contribution is -2.12. The van der Waals surface area contributed by atoms with Crippen molar-refractivity contribution in [1.29, 1.82) is 0 Å². The maximum atomic E-state index is 5.83. The van der Waals surface area contributed by atoms with Gasteiger partial charge in [-0.1, -0.05) is 6.92 Å². The SMILES string of the molecule is CCNCc1cc(C)nc(Oc2ccc(SC)cc2)c1. The van der Waals surface area contributed by atoms with Crippen LogP contribution in [-0.2, 0) is 6.54 Å². The van der Waals surface area contributed by atoms with Crippen LogP contribution in [0.15, 0.2) is 41.3 Å². The lowest BCUT2D eigenvalue weighted by Gasteiger charge is -2.09. The molecule has 4 heteroatoms. The van der Waals surface area contributed by atoms with E-state index in [2.05, 4.69) is 41.7 Å². The summed E-state index contributed by atoms with van der Waals surface area (Å²) >= 11 is 1.72. The molecule has 3 nitrogen and oxygen atoms in total. The fourth-order valence-electron chi connectivity index (χ4n) is 1.90. The van der Waals surface area contributed by atoms with Gasteiger partial charge in [-0.3, -0.25) is 0 Å². The Kier molecular flexibility index (Phi) is 5.44. The summed E-state index contributed by atoms with van der Waals surface area (Å²) in [6.45, 7) is 5.87. The number of hydrogen-bond donors (Lipinski definition) is 1. The van der Waals surface area contributed by atoms with Crippen LogP contribution in [0, 0.1) is 6.92 Å². The van der Waals surface area contributed by atoms with E-state index in [4.69, 9.17) is 4.74 Å². The third-order valence-electron chi connectivity index (χ3n) is 2.85. The number of nitrogens with zero attached hydrogens (tertiary/aromatic N) is 1. The van der Waals surface area contributed by atoms with Crippen molar-refractivity contribution in [3.63, 3.8) is 0 Å². The third-order valence-corrected chi connectivity index (χ3v) is 3.59. The second-order valence-corrected chi connectivity index (χ2v) is 5.39. The number of pyridine rings is 1. The van der Waals surface area contributed by atoms with Crippen LogP contribution < -0.4 is 10.1 Å². The van der Waals surface area contributed by atoms with E-state index in [1.807, 2.05) is 25.1 Å². The first-order chi connectivity index (χ1) is 9.71. The van der Waals surface area contributed by atoms with Gasteiger partial charge in [-0.05, 0) is 55.6 Å². The fourth-order valence-corrected chi connectivity index (χ4v) is 2.30. The molecule has 20 heavy (non-hydrogen) atoms. The van der Waals surface area contributed by atoms with E-state index >= 15 is 0 Å². The molecular weight excluding hydrogens is 268 g/mol. The highest BCUT2D eigenvalue weighted by Gasteiger charge is 2.03. The molecule has 0 spiro atoms. The minimum absolute atomic E-state index is 0.648. The maximum Gasteiger partial charge on any atom is 0.219 e. The van der Waals surface area contributed by atoms with Crippen molar-refractivity contribution in [1.82, 2.24) is 10.3 Å². The molecule has 1 aromatic heterocycles. The average Bonchev–Trinajstić information content (AvgIpc) is 2.45. The summed E-state index contributed by atoms with van der Waals surface area (Å²) in [6, 6.07) is 12.1. The van der Waals surface area contributed by atoms with Crippen LogP contribution in [0.1, 0.15) is 18.2 Å². The normalized spacial score (nSPS) is 10.6. The Balaban J connectivity index is 2.12. The zero-order valence-electron chi connectivity index (χ0n) is 12.1. The van der Waals surface area contributed by atoms with Gasteiger partial charge in [-0.25, -0.2) is 4.98 Å². The van der Waals surface area contributed by atoms with Crippen molar-refractivity contribution in [2.45, 2.75) is 25.3 Å². The van der Waals surface area contributed by atoms with Crippen molar-refractivity contribution < 1.29 is 4.74 Å². The van der Waals surface area contributed by atoms with Crippen LogP contribution in [0.3, 0.4) is 0 Å². The van der Waals surface area contributed by atoms with Gasteiger partial charge in [-0.15, -0.1) is 11.8 Å². The standard InChI is InChI=1S/C16H20N2OS/c1-4-17-11-13-9-12(2)18-16(10-13)19-14-5-7-15(20-3)8-6-14/h5-10,17H,4,11H2,1-3H3. The maximum absolute atomic E-state index is 5.83. The van der Waals surface area contributed by atoms with Gasteiger partial charge in [0.15, 0.2) is 0 Å². The van der Waals surface area contributed by atoms with Crippen LogP contribution in [0.4, 0.5) is 0 Å². The van der Waals surface area contributed by atoms with Crippen molar-refractivity contribution in [3.8, 4) is 11.6 Å². The van der Waals surface area contributed by atoms with E-state index < -0.39 is 0 Å². The lowest BCUT2D eigenvalue weighted by atomic mass is 10.2. The van der Waals surface area contributed by atoms with Crippen LogP contribution in [0.2, 0.25) is 0 Å². The van der Waals surface area contributed by atoms with Crippen LogP contribution in [0.25, 0.3) is 0 Å². The highest BCUT2D eigenvalue weighted by molar-refractivity contribution is 7.98. The first-order valence-electron chi connectivity index (χ1n) is 6.71. The van der Waals surface area contributed by atoms with E-state index in [0.717, 1.165) is 24.5 Å². The fraction of sp³-hybridized carbons (Fsp3) is 0.312. The van der Waals surface area contributed by atoms with Crippen molar-refractivity contribution in [3.05, 3.63) is 47.7 Å². The molecule has 0 unspecified atom stereocenters. The second kappa shape index (κ2) is 7.31. The molecule has 0 amide bonds. The Bertz CT molecular complexity index is 555. The van der Waals surface area contributed by atoms with Gasteiger partial charge in [0.25, 0.3) is 0 Å². The number of benzene rings is 1. The molecule has 2 rings (SSSR count). The molecule has 1 aromatic carbocycles. The molecule has 0 bridgehead atoms. The number of rotatable bonds is 6. The minimum atomic E-state index is 0.648.